The van der Waals surface area contributed by atoms with Gasteiger partial charge in [-0.05, 0) is 51.2 Å². The monoisotopic (exact) mass is 396 g/mol. The van der Waals surface area contributed by atoms with Crippen molar-refractivity contribution in [3.05, 3.63) is 47.5 Å². The third kappa shape index (κ3) is 4.36. The first-order chi connectivity index (χ1) is 14.1. The molecule has 3 rings (SSSR count). The maximum absolute atomic E-state index is 13.4. The summed E-state index contributed by atoms with van der Waals surface area (Å²) < 4.78 is 2.00. The van der Waals surface area contributed by atoms with Crippen LogP contribution in [0.1, 0.15) is 73.3 Å². The molecule has 0 saturated heterocycles. The van der Waals surface area contributed by atoms with Gasteiger partial charge < -0.3 is 14.4 Å². The maximum atomic E-state index is 13.4. The van der Waals surface area contributed by atoms with Crippen molar-refractivity contribution in [1.29, 1.82) is 0 Å². The van der Waals surface area contributed by atoms with Gasteiger partial charge in [0.2, 0.25) is 0 Å². The highest BCUT2D eigenvalue weighted by molar-refractivity contribution is 6.06. The molecule has 0 aliphatic carbocycles. The molecule has 0 unspecified atom stereocenters. The van der Waals surface area contributed by atoms with Crippen LogP contribution in [0, 0.1) is 0 Å². The van der Waals surface area contributed by atoms with Crippen LogP contribution in [0.2, 0.25) is 0 Å². The van der Waals surface area contributed by atoms with Gasteiger partial charge in [-0.25, -0.2) is 4.98 Å². The molecule has 29 heavy (non-hydrogen) atoms. The Morgan fingerprint density at radius 1 is 1.00 bits per heavy atom. The minimum Gasteiger partial charge on any atom is -0.336 e. The first-order valence-electron chi connectivity index (χ1n) is 10.9. The van der Waals surface area contributed by atoms with Crippen molar-refractivity contribution in [1.82, 2.24) is 14.5 Å². The fourth-order valence-corrected chi connectivity index (χ4v) is 4.05. The number of amides is 2. The highest BCUT2D eigenvalue weighted by atomic mass is 16.2. The number of hydrogen-bond donors (Lipinski definition) is 0. The van der Waals surface area contributed by atoms with Crippen LogP contribution >= 0.6 is 0 Å². The van der Waals surface area contributed by atoms with E-state index in [1.807, 2.05) is 46.7 Å². The van der Waals surface area contributed by atoms with Crippen molar-refractivity contribution in [3.63, 3.8) is 0 Å². The summed E-state index contributed by atoms with van der Waals surface area (Å²) >= 11 is 0. The third-order valence-corrected chi connectivity index (χ3v) is 5.42. The summed E-state index contributed by atoms with van der Waals surface area (Å²) in [6.07, 6.45) is 4.63. The molecule has 0 atom stereocenters. The summed E-state index contributed by atoms with van der Waals surface area (Å²) in [6, 6.07) is 9.65. The number of rotatable bonds is 8. The normalized spacial score (nSPS) is 13.1. The zero-order valence-corrected chi connectivity index (χ0v) is 17.9. The number of anilines is 1. The smallest absolute Gasteiger partial charge is 0.289 e. The number of nitrogens with zero attached hydrogens (tertiary/aromatic N) is 4. The lowest BCUT2D eigenvalue weighted by molar-refractivity contribution is 0.0737. The predicted octanol–water partition coefficient (Wildman–Crippen LogP) is 4.15. The first-order valence-corrected chi connectivity index (χ1v) is 10.9. The minimum atomic E-state index is -0.124. The van der Waals surface area contributed by atoms with Gasteiger partial charge in [-0.15, -0.1) is 0 Å². The second-order valence-electron chi connectivity index (χ2n) is 7.52. The van der Waals surface area contributed by atoms with Gasteiger partial charge in [0.15, 0.2) is 11.5 Å². The van der Waals surface area contributed by atoms with Gasteiger partial charge >= 0.3 is 0 Å². The van der Waals surface area contributed by atoms with Crippen molar-refractivity contribution in [2.75, 3.05) is 24.5 Å². The molecule has 6 heteroatoms. The van der Waals surface area contributed by atoms with E-state index >= 15 is 0 Å². The molecule has 0 bridgehead atoms. The number of carbonyl (C=O) groups is 2. The average molecular weight is 397 g/mol. The third-order valence-electron chi connectivity index (χ3n) is 5.42. The molecule has 0 saturated carbocycles. The van der Waals surface area contributed by atoms with Crippen molar-refractivity contribution in [3.8, 4) is 0 Å². The molecule has 0 spiro atoms. The lowest BCUT2D eigenvalue weighted by Crippen LogP contribution is -2.35. The molecular formula is C23H32N4O2. The Kier molecular flexibility index (Phi) is 7.07. The molecule has 1 aromatic heterocycles. The molecule has 2 amide bonds. The summed E-state index contributed by atoms with van der Waals surface area (Å²) in [5.41, 5.74) is 2.20. The van der Waals surface area contributed by atoms with Crippen molar-refractivity contribution in [2.45, 2.75) is 59.4 Å². The van der Waals surface area contributed by atoms with Crippen LogP contribution in [0.3, 0.4) is 0 Å². The van der Waals surface area contributed by atoms with Crippen LogP contribution < -0.4 is 4.90 Å². The van der Waals surface area contributed by atoms with E-state index in [1.165, 1.54) is 0 Å². The van der Waals surface area contributed by atoms with Gasteiger partial charge in [0.1, 0.15) is 0 Å². The Morgan fingerprint density at radius 2 is 1.69 bits per heavy atom. The van der Waals surface area contributed by atoms with E-state index in [0.717, 1.165) is 50.0 Å². The molecular weight excluding hydrogens is 364 g/mol. The Bertz CT molecular complexity index is 838. The summed E-state index contributed by atoms with van der Waals surface area (Å²) in [7, 11) is 0. The standard InChI is InChI=1S/C23H32N4O2/c1-4-15-25(16-5-2)23(29)21-24-20(19-14-10-11-17-27(19)21)22(28)26(6-3)18-12-8-7-9-13-18/h7-9,12-13H,4-6,10-11,14-17H2,1-3H3. The highest BCUT2D eigenvalue weighted by Gasteiger charge is 2.31. The number of carbonyl (C=O) groups excluding carboxylic acids is 2. The molecule has 6 nitrogen and oxygen atoms in total. The number of hydrogen-bond acceptors (Lipinski definition) is 3. The van der Waals surface area contributed by atoms with E-state index in [-0.39, 0.29) is 11.8 Å². The molecule has 2 heterocycles. The number of para-hydroxylation sites is 1. The van der Waals surface area contributed by atoms with Gasteiger partial charge in [-0.2, -0.15) is 0 Å². The molecule has 0 fully saturated rings. The van der Waals surface area contributed by atoms with E-state index in [2.05, 4.69) is 18.8 Å². The Morgan fingerprint density at radius 3 is 2.31 bits per heavy atom. The zero-order valence-electron chi connectivity index (χ0n) is 17.9. The van der Waals surface area contributed by atoms with E-state index in [9.17, 15) is 9.59 Å². The zero-order chi connectivity index (χ0) is 20.8. The topological polar surface area (TPSA) is 58.4 Å². The van der Waals surface area contributed by atoms with Gasteiger partial charge in [-0.1, -0.05) is 32.0 Å². The van der Waals surface area contributed by atoms with Crippen LogP contribution in [0.5, 0.6) is 0 Å². The number of benzene rings is 1. The average Bonchev–Trinajstić information content (AvgIpc) is 3.14. The lowest BCUT2D eigenvalue weighted by Gasteiger charge is -2.23. The second kappa shape index (κ2) is 9.72. The van der Waals surface area contributed by atoms with Crippen LogP contribution in [-0.4, -0.2) is 45.9 Å². The van der Waals surface area contributed by atoms with E-state index < -0.39 is 0 Å². The van der Waals surface area contributed by atoms with Crippen LogP contribution in [0.4, 0.5) is 5.69 Å². The Balaban J connectivity index is 2.00. The van der Waals surface area contributed by atoms with Gasteiger partial charge in [0.05, 0.1) is 5.69 Å². The Labute approximate surface area is 173 Å². The first kappa shape index (κ1) is 21.1. The predicted molar refractivity (Wildman–Crippen MR) is 115 cm³/mol. The summed E-state index contributed by atoms with van der Waals surface area (Å²) in [6.45, 7) is 8.84. The largest absolute Gasteiger partial charge is 0.336 e. The molecule has 2 aromatic rings. The van der Waals surface area contributed by atoms with Crippen molar-refractivity contribution < 1.29 is 9.59 Å². The van der Waals surface area contributed by atoms with E-state index in [0.29, 0.717) is 31.2 Å². The number of fused-ring (bicyclic) bond motifs is 1. The SMILES string of the molecule is CCCN(CCC)C(=O)c1nc(C(=O)N(CC)c2ccccc2)c2n1CCCC2. The lowest BCUT2D eigenvalue weighted by atomic mass is 10.1. The molecule has 1 aromatic carbocycles. The molecule has 156 valence electrons. The number of aromatic nitrogens is 2. The van der Waals surface area contributed by atoms with Crippen LogP contribution in [-0.2, 0) is 13.0 Å². The summed E-state index contributed by atoms with van der Waals surface area (Å²) in [4.78, 5) is 34.9. The molecule has 1 aliphatic rings. The highest BCUT2D eigenvalue weighted by Crippen LogP contribution is 2.25. The van der Waals surface area contributed by atoms with Gasteiger partial charge in [-0.3, -0.25) is 9.59 Å². The Hall–Kier alpha value is -2.63. The number of imidazole rings is 1. The van der Waals surface area contributed by atoms with Crippen LogP contribution in [0.25, 0.3) is 0 Å². The fraction of sp³-hybridized carbons (Fsp3) is 0.522. The van der Waals surface area contributed by atoms with Gasteiger partial charge in [0.25, 0.3) is 11.8 Å². The van der Waals surface area contributed by atoms with E-state index in [4.69, 9.17) is 0 Å². The van der Waals surface area contributed by atoms with Gasteiger partial charge in [0, 0.05) is 31.9 Å². The van der Waals surface area contributed by atoms with Crippen molar-refractivity contribution in [2.24, 2.45) is 0 Å². The summed E-state index contributed by atoms with van der Waals surface area (Å²) in [5, 5.41) is 0. The quantitative estimate of drug-likeness (QED) is 0.673. The second-order valence-corrected chi connectivity index (χ2v) is 7.52. The molecule has 0 radical (unpaired) electrons. The minimum absolute atomic E-state index is 0.0568. The molecule has 0 N–H and O–H groups in total. The van der Waals surface area contributed by atoms with Crippen molar-refractivity contribution >= 4 is 17.5 Å². The fourth-order valence-electron chi connectivity index (χ4n) is 4.05. The van der Waals surface area contributed by atoms with Crippen LogP contribution in [0.15, 0.2) is 30.3 Å². The maximum Gasteiger partial charge on any atom is 0.289 e. The summed E-state index contributed by atoms with van der Waals surface area (Å²) in [5.74, 6) is 0.244. The van der Waals surface area contributed by atoms with E-state index in [1.54, 1.807) is 4.90 Å². The molecule has 1 aliphatic heterocycles.